The third-order valence-electron chi connectivity index (χ3n) is 3.59. The van der Waals surface area contributed by atoms with Crippen molar-refractivity contribution in [2.24, 2.45) is 0 Å². The van der Waals surface area contributed by atoms with E-state index in [1.807, 2.05) is 30.3 Å². The molecular formula is C19H22N2. The van der Waals surface area contributed by atoms with Crippen molar-refractivity contribution in [3.05, 3.63) is 71.3 Å². The van der Waals surface area contributed by atoms with Gasteiger partial charge in [0.05, 0.1) is 6.07 Å². The lowest BCUT2D eigenvalue weighted by molar-refractivity contribution is 0.588. The molecule has 0 aromatic heterocycles. The highest BCUT2D eigenvalue weighted by molar-refractivity contribution is 5.31. The van der Waals surface area contributed by atoms with Crippen LogP contribution in [0.2, 0.25) is 0 Å². The first-order valence-corrected chi connectivity index (χ1v) is 7.28. The van der Waals surface area contributed by atoms with Crippen molar-refractivity contribution < 1.29 is 0 Å². The van der Waals surface area contributed by atoms with Crippen LogP contribution in [0.4, 0.5) is 0 Å². The third-order valence-corrected chi connectivity index (χ3v) is 3.59. The minimum Gasteiger partial charge on any atom is -0.294 e. The van der Waals surface area contributed by atoms with Crippen LogP contribution in [0.25, 0.3) is 0 Å². The summed E-state index contributed by atoms with van der Waals surface area (Å²) in [4.78, 5) is 0. The van der Waals surface area contributed by atoms with Gasteiger partial charge in [-0.05, 0) is 22.1 Å². The molecule has 0 spiro atoms. The second-order valence-electron chi connectivity index (χ2n) is 6.30. The third kappa shape index (κ3) is 4.18. The van der Waals surface area contributed by atoms with Gasteiger partial charge in [-0.15, -0.1) is 0 Å². The van der Waals surface area contributed by atoms with Crippen LogP contribution in [0.5, 0.6) is 0 Å². The standard InChI is InChI=1S/C19H22N2/c1-19(2,3)17-11-9-16(10-12-17)18(13-20)21-14-15-7-5-4-6-8-15/h4-12,18,21H,14H2,1-3H3. The summed E-state index contributed by atoms with van der Waals surface area (Å²) in [7, 11) is 0. The first-order chi connectivity index (χ1) is 10.0. The fourth-order valence-corrected chi connectivity index (χ4v) is 2.23. The van der Waals surface area contributed by atoms with Crippen LogP contribution >= 0.6 is 0 Å². The molecule has 0 radical (unpaired) electrons. The predicted octanol–water partition coefficient (Wildman–Crippen LogP) is 4.34. The van der Waals surface area contributed by atoms with Gasteiger partial charge in [-0.25, -0.2) is 0 Å². The Bertz CT molecular complexity index is 601. The Morgan fingerprint density at radius 1 is 1.00 bits per heavy atom. The monoisotopic (exact) mass is 278 g/mol. The van der Waals surface area contributed by atoms with E-state index in [0.29, 0.717) is 6.54 Å². The lowest BCUT2D eigenvalue weighted by Crippen LogP contribution is -2.19. The summed E-state index contributed by atoms with van der Waals surface area (Å²) in [6.45, 7) is 7.27. The molecule has 0 aliphatic heterocycles. The summed E-state index contributed by atoms with van der Waals surface area (Å²) in [5.74, 6) is 0. The minimum absolute atomic E-state index is 0.137. The van der Waals surface area contributed by atoms with Crippen molar-refractivity contribution in [1.82, 2.24) is 5.32 Å². The normalized spacial score (nSPS) is 12.7. The zero-order valence-electron chi connectivity index (χ0n) is 12.9. The summed E-state index contributed by atoms with van der Waals surface area (Å²) in [5, 5.41) is 12.7. The molecule has 2 heteroatoms. The second kappa shape index (κ2) is 6.56. The molecule has 0 saturated carbocycles. The molecule has 0 amide bonds. The van der Waals surface area contributed by atoms with Crippen LogP contribution in [0.15, 0.2) is 54.6 Å². The number of rotatable bonds is 4. The van der Waals surface area contributed by atoms with E-state index in [-0.39, 0.29) is 11.5 Å². The maximum atomic E-state index is 9.37. The Hall–Kier alpha value is -2.11. The van der Waals surface area contributed by atoms with E-state index in [1.165, 1.54) is 11.1 Å². The quantitative estimate of drug-likeness (QED) is 0.903. The second-order valence-corrected chi connectivity index (χ2v) is 6.30. The van der Waals surface area contributed by atoms with Crippen LogP contribution in [0.1, 0.15) is 43.5 Å². The van der Waals surface area contributed by atoms with E-state index in [1.54, 1.807) is 0 Å². The van der Waals surface area contributed by atoms with Crippen molar-refractivity contribution >= 4 is 0 Å². The molecule has 0 heterocycles. The number of nitriles is 1. The van der Waals surface area contributed by atoms with Gasteiger partial charge in [0.15, 0.2) is 0 Å². The van der Waals surface area contributed by atoms with Gasteiger partial charge in [0.25, 0.3) is 0 Å². The number of nitrogens with one attached hydrogen (secondary N) is 1. The summed E-state index contributed by atoms with van der Waals surface area (Å²) in [5.41, 5.74) is 3.62. The van der Waals surface area contributed by atoms with Crippen LogP contribution in [-0.2, 0) is 12.0 Å². The highest BCUT2D eigenvalue weighted by Gasteiger charge is 2.15. The van der Waals surface area contributed by atoms with Gasteiger partial charge in [-0.3, -0.25) is 5.32 Å². The number of benzene rings is 2. The minimum atomic E-state index is -0.278. The number of hydrogen-bond acceptors (Lipinski definition) is 2. The molecule has 0 saturated heterocycles. The lowest BCUT2D eigenvalue weighted by Gasteiger charge is -2.20. The largest absolute Gasteiger partial charge is 0.294 e. The van der Waals surface area contributed by atoms with Gasteiger partial charge in [0.2, 0.25) is 0 Å². The van der Waals surface area contributed by atoms with E-state index in [9.17, 15) is 5.26 Å². The molecule has 21 heavy (non-hydrogen) atoms. The summed E-state index contributed by atoms with van der Waals surface area (Å²) >= 11 is 0. The smallest absolute Gasteiger partial charge is 0.121 e. The van der Waals surface area contributed by atoms with Crippen LogP contribution in [0, 0.1) is 11.3 Å². The van der Waals surface area contributed by atoms with E-state index in [2.05, 4.69) is 56.4 Å². The summed E-state index contributed by atoms with van der Waals surface area (Å²) < 4.78 is 0. The SMILES string of the molecule is CC(C)(C)c1ccc(C(C#N)NCc2ccccc2)cc1. The molecule has 0 bridgehead atoms. The topological polar surface area (TPSA) is 35.8 Å². The number of nitrogens with zero attached hydrogens (tertiary/aromatic N) is 1. The first kappa shape index (κ1) is 15.3. The molecule has 2 rings (SSSR count). The van der Waals surface area contributed by atoms with E-state index >= 15 is 0 Å². The van der Waals surface area contributed by atoms with E-state index < -0.39 is 0 Å². The predicted molar refractivity (Wildman–Crippen MR) is 86.8 cm³/mol. The highest BCUT2D eigenvalue weighted by atomic mass is 14.9. The highest BCUT2D eigenvalue weighted by Crippen LogP contribution is 2.24. The van der Waals surface area contributed by atoms with Crippen molar-refractivity contribution in [3.63, 3.8) is 0 Å². The van der Waals surface area contributed by atoms with Gasteiger partial charge < -0.3 is 0 Å². The average Bonchev–Trinajstić information content (AvgIpc) is 2.48. The number of hydrogen-bond donors (Lipinski definition) is 1. The fourth-order valence-electron chi connectivity index (χ4n) is 2.23. The Balaban J connectivity index is 2.06. The first-order valence-electron chi connectivity index (χ1n) is 7.28. The Labute approximate surface area is 127 Å². The maximum Gasteiger partial charge on any atom is 0.121 e. The van der Waals surface area contributed by atoms with Gasteiger partial charge in [0, 0.05) is 6.54 Å². The lowest BCUT2D eigenvalue weighted by atomic mass is 9.86. The Kier molecular flexibility index (Phi) is 4.77. The molecule has 0 fully saturated rings. The zero-order valence-corrected chi connectivity index (χ0v) is 12.9. The van der Waals surface area contributed by atoms with Crippen molar-refractivity contribution in [2.45, 2.75) is 38.8 Å². The van der Waals surface area contributed by atoms with Gasteiger partial charge in [-0.1, -0.05) is 75.4 Å². The average molecular weight is 278 g/mol. The molecule has 2 nitrogen and oxygen atoms in total. The fraction of sp³-hybridized carbons (Fsp3) is 0.316. The van der Waals surface area contributed by atoms with Crippen molar-refractivity contribution in [3.8, 4) is 6.07 Å². The Morgan fingerprint density at radius 2 is 1.62 bits per heavy atom. The van der Waals surface area contributed by atoms with Crippen molar-refractivity contribution in [2.75, 3.05) is 0 Å². The van der Waals surface area contributed by atoms with Crippen LogP contribution in [0.3, 0.4) is 0 Å². The molecule has 0 aliphatic rings. The molecule has 2 aromatic carbocycles. The van der Waals surface area contributed by atoms with Crippen LogP contribution in [-0.4, -0.2) is 0 Å². The van der Waals surface area contributed by atoms with Gasteiger partial charge >= 0.3 is 0 Å². The van der Waals surface area contributed by atoms with Gasteiger partial charge in [0.1, 0.15) is 6.04 Å². The molecule has 1 N–H and O–H groups in total. The molecular weight excluding hydrogens is 256 g/mol. The molecule has 0 aliphatic carbocycles. The van der Waals surface area contributed by atoms with Crippen molar-refractivity contribution in [1.29, 1.82) is 5.26 Å². The Morgan fingerprint density at radius 3 is 2.14 bits per heavy atom. The molecule has 2 aromatic rings. The zero-order chi connectivity index (χ0) is 15.3. The van der Waals surface area contributed by atoms with E-state index in [0.717, 1.165) is 5.56 Å². The summed E-state index contributed by atoms with van der Waals surface area (Å²) in [6.07, 6.45) is 0. The van der Waals surface area contributed by atoms with E-state index in [4.69, 9.17) is 0 Å². The van der Waals surface area contributed by atoms with Gasteiger partial charge in [-0.2, -0.15) is 5.26 Å². The summed E-state index contributed by atoms with van der Waals surface area (Å²) in [6, 6.07) is 20.5. The maximum absolute atomic E-state index is 9.37. The molecule has 108 valence electrons. The molecule has 1 atom stereocenters. The molecule has 1 unspecified atom stereocenters. The van der Waals surface area contributed by atoms with Crippen LogP contribution < -0.4 is 5.32 Å².